The Morgan fingerprint density at radius 2 is 0.830 bits per heavy atom. The minimum atomic E-state index is -0.433. The highest BCUT2D eigenvalue weighted by molar-refractivity contribution is 6.21. The highest BCUT2D eigenvalue weighted by Gasteiger charge is 2.20. The van der Waals surface area contributed by atoms with Crippen LogP contribution in [0.15, 0.2) is 206 Å². The third-order valence-corrected chi connectivity index (χ3v) is 10.0. The lowest BCUT2D eigenvalue weighted by atomic mass is 9.84. The summed E-state index contributed by atoms with van der Waals surface area (Å²) < 4.78 is 44.7. The molecular weight excluding hydrogens is 641 g/mol. The predicted octanol–water partition coefficient (Wildman–Crippen LogP) is 13.7. The zero-order valence-electron chi connectivity index (χ0n) is 33.6. The largest absolute Gasteiger partial charge is 0.292 e. The lowest BCUT2D eigenvalue weighted by Gasteiger charge is -2.19. The normalized spacial score (nSPS) is 12.7. The molecule has 0 spiro atoms. The number of nitrogens with zero attached hydrogens (tertiary/aromatic N) is 2. The highest BCUT2D eigenvalue weighted by atomic mass is 15.1. The molecule has 248 valence electrons. The van der Waals surface area contributed by atoms with E-state index in [2.05, 4.69) is 127 Å². The summed E-state index contributed by atoms with van der Waals surface area (Å²) in [4.78, 5) is 5.03. The van der Waals surface area contributed by atoms with Gasteiger partial charge in [-0.15, -0.1) is 0 Å². The van der Waals surface area contributed by atoms with E-state index in [0.717, 1.165) is 71.6 Å². The molecule has 0 amide bonds. The summed E-state index contributed by atoms with van der Waals surface area (Å²) in [6.07, 6.45) is 0. The minimum absolute atomic E-state index is 0.0629. The fourth-order valence-electron chi connectivity index (χ4n) is 7.73. The molecule has 0 saturated carbocycles. The van der Waals surface area contributed by atoms with Gasteiger partial charge in [0, 0.05) is 11.3 Å². The highest BCUT2D eigenvalue weighted by Crippen LogP contribution is 2.46. The van der Waals surface area contributed by atoms with Crippen LogP contribution in [0.1, 0.15) is 6.85 Å². The summed E-state index contributed by atoms with van der Waals surface area (Å²) in [5, 5.41) is 4.44. The second-order valence-electron chi connectivity index (χ2n) is 13.2. The molecule has 53 heavy (non-hydrogen) atoms. The number of hydrogen-bond donors (Lipinski definition) is 0. The molecule has 0 fully saturated rings. The number of benzene rings is 9. The monoisotopic (exact) mass is 679 g/mol. The summed E-state index contributed by atoms with van der Waals surface area (Å²) >= 11 is 0. The van der Waals surface area contributed by atoms with E-state index < -0.39 is 18.1 Å². The maximum absolute atomic E-state index is 8.90. The Morgan fingerprint density at radius 3 is 1.43 bits per heavy atom. The predicted molar refractivity (Wildman–Crippen MR) is 223 cm³/mol. The van der Waals surface area contributed by atoms with Gasteiger partial charge in [-0.3, -0.25) is 4.57 Å². The maximum atomic E-state index is 8.90. The van der Waals surface area contributed by atoms with Gasteiger partial charge in [-0.25, -0.2) is 4.98 Å². The van der Waals surface area contributed by atoms with Gasteiger partial charge in [0.15, 0.2) is 0 Å². The second-order valence-corrected chi connectivity index (χ2v) is 13.2. The van der Waals surface area contributed by atoms with E-state index in [0.29, 0.717) is 16.9 Å². The molecule has 0 saturated heterocycles. The van der Waals surface area contributed by atoms with Gasteiger partial charge in [-0.05, 0) is 115 Å². The van der Waals surface area contributed by atoms with Crippen molar-refractivity contribution >= 4 is 32.6 Å². The van der Waals surface area contributed by atoms with Gasteiger partial charge in [0.2, 0.25) is 0 Å². The van der Waals surface area contributed by atoms with Crippen LogP contribution in [0.3, 0.4) is 0 Å². The SMILES string of the molecule is [2H]c1c([2H])c([2H])c(-n2c(-c3cccc(-c4c5ccccc5c(-c5cc(-c6ccccc6)cc(-c6ccccc6)c5)c5ccccc45)c3)nc3ccccc32)c([2H])c1[2H]. The summed E-state index contributed by atoms with van der Waals surface area (Å²) in [6, 6.07) is 59.0. The van der Waals surface area contributed by atoms with E-state index in [1.165, 1.54) is 0 Å². The average Bonchev–Trinajstić information content (AvgIpc) is 3.66. The van der Waals surface area contributed by atoms with Gasteiger partial charge >= 0.3 is 0 Å². The Balaban J connectivity index is 1.23. The standard InChI is InChI=1S/C51H34N2/c1-4-17-35(18-5-1)39-32-40(36-19-6-2-7-20-36)34-41(33-39)50-45-27-12-10-25-43(45)49(44-26-11-13-28-46(44)50)37-21-16-22-38(31-37)51-52-47-29-14-15-30-48(47)53(51)42-23-8-3-9-24-42/h1-34H/i3D,8D,9D,23D,24D. The Labute approximate surface area is 315 Å². The molecule has 0 aliphatic rings. The van der Waals surface area contributed by atoms with Crippen molar-refractivity contribution in [2.24, 2.45) is 0 Å². The third kappa shape index (κ3) is 5.40. The van der Waals surface area contributed by atoms with Gasteiger partial charge in [-0.1, -0.05) is 158 Å². The number of rotatable bonds is 6. The van der Waals surface area contributed by atoms with Crippen LogP contribution in [0.5, 0.6) is 0 Å². The van der Waals surface area contributed by atoms with E-state index in [4.69, 9.17) is 11.8 Å². The van der Waals surface area contributed by atoms with Crippen LogP contribution in [0.4, 0.5) is 0 Å². The van der Waals surface area contributed by atoms with Crippen molar-refractivity contribution in [2.75, 3.05) is 0 Å². The van der Waals surface area contributed by atoms with Crippen LogP contribution in [-0.4, -0.2) is 9.55 Å². The first-order valence-corrected chi connectivity index (χ1v) is 17.7. The zero-order valence-corrected chi connectivity index (χ0v) is 28.6. The molecule has 0 radical (unpaired) electrons. The third-order valence-electron chi connectivity index (χ3n) is 10.0. The molecule has 10 rings (SSSR count). The van der Waals surface area contributed by atoms with E-state index in [-0.39, 0.29) is 17.8 Å². The molecule has 0 atom stereocenters. The Morgan fingerprint density at radius 1 is 0.377 bits per heavy atom. The first-order valence-electron chi connectivity index (χ1n) is 20.2. The van der Waals surface area contributed by atoms with E-state index in [1.54, 1.807) is 4.57 Å². The van der Waals surface area contributed by atoms with Crippen molar-refractivity contribution in [3.63, 3.8) is 0 Å². The maximum Gasteiger partial charge on any atom is 0.145 e. The van der Waals surface area contributed by atoms with Crippen LogP contribution in [0, 0.1) is 0 Å². The van der Waals surface area contributed by atoms with Crippen molar-refractivity contribution in [1.29, 1.82) is 0 Å². The quantitative estimate of drug-likeness (QED) is 0.160. The molecule has 10 aromatic rings. The molecule has 2 nitrogen and oxygen atoms in total. The van der Waals surface area contributed by atoms with Crippen molar-refractivity contribution in [1.82, 2.24) is 9.55 Å². The van der Waals surface area contributed by atoms with E-state index in [9.17, 15) is 0 Å². The molecule has 9 aromatic carbocycles. The lowest BCUT2D eigenvalue weighted by Crippen LogP contribution is -1.97. The average molecular weight is 680 g/mol. The van der Waals surface area contributed by atoms with Crippen molar-refractivity contribution < 1.29 is 6.85 Å². The smallest absolute Gasteiger partial charge is 0.145 e. The van der Waals surface area contributed by atoms with Crippen molar-refractivity contribution in [3.05, 3.63) is 206 Å². The van der Waals surface area contributed by atoms with Gasteiger partial charge in [-0.2, -0.15) is 0 Å². The van der Waals surface area contributed by atoms with E-state index >= 15 is 0 Å². The topological polar surface area (TPSA) is 17.8 Å². The first kappa shape index (κ1) is 25.8. The number of aromatic nitrogens is 2. The molecule has 2 heteroatoms. The molecule has 0 bridgehead atoms. The fourth-order valence-corrected chi connectivity index (χ4v) is 7.73. The molecule has 1 aromatic heterocycles. The molecule has 0 aliphatic carbocycles. The van der Waals surface area contributed by atoms with Crippen molar-refractivity contribution in [2.45, 2.75) is 0 Å². The number of imidazole rings is 1. The van der Waals surface area contributed by atoms with Gasteiger partial charge in [0.05, 0.1) is 17.9 Å². The van der Waals surface area contributed by atoms with E-state index in [1.807, 2.05) is 48.5 Å². The second kappa shape index (κ2) is 12.9. The number of para-hydroxylation sites is 3. The lowest BCUT2D eigenvalue weighted by molar-refractivity contribution is 1.10. The summed E-state index contributed by atoms with van der Waals surface area (Å²) in [5.41, 5.74) is 11.0. The Bertz CT molecular complexity index is 3080. The van der Waals surface area contributed by atoms with Crippen LogP contribution in [0.2, 0.25) is 0 Å². The van der Waals surface area contributed by atoms with Crippen LogP contribution in [-0.2, 0) is 0 Å². The Hall–Kier alpha value is -7.03. The van der Waals surface area contributed by atoms with Crippen LogP contribution >= 0.6 is 0 Å². The molecule has 0 aliphatic heterocycles. The van der Waals surface area contributed by atoms with Gasteiger partial charge < -0.3 is 0 Å². The first-order chi connectivity index (χ1) is 28.4. The van der Waals surface area contributed by atoms with Gasteiger partial charge in [0.1, 0.15) is 5.82 Å². The van der Waals surface area contributed by atoms with Gasteiger partial charge in [0.25, 0.3) is 0 Å². The summed E-state index contributed by atoms with van der Waals surface area (Å²) in [7, 11) is 0. The zero-order chi connectivity index (χ0) is 39.5. The fraction of sp³-hybridized carbons (Fsp3) is 0. The molecule has 0 unspecified atom stereocenters. The van der Waals surface area contributed by atoms with Crippen LogP contribution < -0.4 is 0 Å². The number of fused-ring (bicyclic) bond motifs is 3. The summed E-state index contributed by atoms with van der Waals surface area (Å²) in [6.45, 7) is 0. The Kier molecular flexibility index (Phi) is 6.31. The van der Waals surface area contributed by atoms with Crippen molar-refractivity contribution in [3.8, 4) is 61.6 Å². The summed E-state index contributed by atoms with van der Waals surface area (Å²) in [5.74, 6) is 0.484. The minimum Gasteiger partial charge on any atom is -0.292 e. The molecule has 0 N–H and O–H groups in total. The molecule has 1 heterocycles. The molecular formula is C51H34N2. The van der Waals surface area contributed by atoms with Crippen LogP contribution in [0.25, 0.3) is 94.2 Å². The number of hydrogen-bond acceptors (Lipinski definition) is 1.